The van der Waals surface area contributed by atoms with E-state index in [2.05, 4.69) is 16.8 Å². The first-order valence-corrected chi connectivity index (χ1v) is 9.35. The maximum Gasteiger partial charge on any atom is 0.0991 e. The number of aliphatic hydroxyl groups is 1. The lowest BCUT2D eigenvalue weighted by molar-refractivity contribution is 0.0850. The van der Waals surface area contributed by atoms with Crippen molar-refractivity contribution in [2.45, 2.75) is 71.1 Å². The van der Waals surface area contributed by atoms with Crippen molar-refractivity contribution >= 4 is 5.84 Å². The maximum absolute atomic E-state index is 8.70. The minimum Gasteiger partial charge on any atom is -0.394 e. The lowest BCUT2D eigenvalue weighted by Crippen LogP contribution is -2.31. The minimum absolute atomic E-state index is 0.111. The van der Waals surface area contributed by atoms with Crippen LogP contribution in [-0.4, -0.2) is 55.3 Å². The van der Waals surface area contributed by atoms with Crippen LogP contribution in [0, 0.1) is 0 Å². The van der Waals surface area contributed by atoms with Crippen molar-refractivity contribution in [1.29, 1.82) is 0 Å². The van der Waals surface area contributed by atoms with E-state index < -0.39 is 0 Å². The predicted octanol–water partition coefficient (Wildman–Crippen LogP) is 3.63. The lowest BCUT2D eigenvalue weighted by Gasteiger charge is -2.20. The Morgan fingerprint density at radius 1 is 1.00 bits per heavy atom. The Kier molecular flexibility index (Phi) is 12.4. The first-order chi connectivity index (χ1) is 10.9. The highest BCUT2D eigenvalue weighted by Crippen LogP contribution is 2.13. The van der Waals surface area contributed by atoms with Crippen molar-refractivity contribution < 1.29 is 9.84 Å². The summed E-state index contributed by atoms with van der Waals surface area (Å²) in [5, 5.41) is 8.70. The summed E-state index contributed by atoms with van der Waals surface area (Å²) in [6.07, 6.45) is 13.5. The van der Waals surface area contributed by atoms with Gasteiger partial charge in [-0.15, -0.1) is 0 Å². The molecular weight excluding hydrogens is 276 g/mol. The molecule has 0 aromatic carbocycles. The molecule has 0 fully saturated rings. The second kappa shape index (κ2) is 14.0. The van der Waals surface area contributed by atoms with Gasteiger partial charge < -0.3 is 14.7 Å². The summed E-state index contributed by atoms with van der Waals surface area (Å²) in [5.41, 5.74) is 0. The van der Waals surface area contributed by atoms with Crippen molar-refractivity contribution in [2.75, 3.05) is 39.5 Å². The van der Waals surface area contributed by atoms with E-state index in [0.717, 1.165) is 26.1 Å². The molecule has 1 N–H and O–H groups in total. The number of hydrogen-bond acceptors (Lipinski definition) is 4. The van der Waals surface area contributed by atoms with Crippen molar-refractivity contribution in [1.82, 2.24) is 4.90 Å². The first-order valence-electron chi connectivity index (χ1n) is 9.35. The Morgan fingerprint density at radius 3 is 2.36 bits per heavy atom. The van der Waals surface area contributed by atoms with Crippen LogP contribution in [0.2, 0.25) is 0 Å². The van der Waals surface area contributed by atoms with E-state index in [1.165, 1.54) is 63.6 Å². The molecular formula is C18H36N2O2. The van der Waals surface area contributed by atoms with Gasteiger partial charge in [0, 0.05) is 19.5 Å². The van der Waals surface area contributed by atoms with Crippen LogP contribution in [0.5, 0.6) is 0 Å². The highest BCUT2D eigenvalue weighted by Gasteiger charge is 2.15. The second-order valence-electron chi connectivity index (χ2n) is 6.20. The lowest BCUT2D eigenvalue weighted by atomic mass is 10.1. The summed E-state index contributed by atoms with van der Waals surface area (Å²) >= 11 is 0. The van der Waals surface area contributed by atoms with E-state index in [1.807, 2.05) is 0 Å². The minimum atomic E-state index is 0.111. The molecule has 0 atom stereocenters. The maximum atomic E-state index is 8.70. The van der Waals surface area contributed by atoms with Gasteiger partial charge in [0.1, 0.15) is 0 Å². The van der Waals surface area contributed by atoms with Crippen LogP contribution >= 0.6 is 0 Å². The van der Waals surface area contributed by atoms with Crippen LogP contribution in [0.25, 0.3) is 0 Å². The van der Waals surface area contributed by atoms with E-state index in [0.29, 0.717) is 13.2 Å². The van der Waals surface area contributed by atoms with Crippen molar-refractivity contribution in [3.63, 3.8) is 0 Å². The molecule has 130 valence electrons. The van der Waals surface area contributed by atoms with Gasteiger partial charge in [0.05, 0.1) is 32.2 Å². The van der Waals surface area contributed by atoms with Gasteiger partial charge in [0.25, 0.3) is 0 Å². The zero-order valence-corrected chi connectivity index (χ0v) is 14.6. The normalized spacial score (nSPS) is 14.6. The number of unbranched alkanes of at least 4 members (excludes halogenated alkanes) is 8. The molecule has 22 heavy (non-hydrogen) atoms. The number of ether oxygens (including phenoxy) is 1. The van der Waals surface area contributed by atoms with Crippen molar-refractivity contribution in [3.05, 3.63) is 0 Å². The van der Waals surface area contributed by atoms with Gasteiger partial charge in [-0.3, -0.25) is 4.99 Å². The molecule has 0 amide bonds. The molecule has 0 radical (unpaired) electrons. The summed E-state index contributed by atoms with van der Waals surface area (Å²) in [6.45, 7) is 6.40. The van der Waals surface area contributed by atoms with Gasteiger partial charge in [-0.05, 0) is 6.42 Å². The molecule has 1 aliphatic heterocycles. The Bertz CT molecular complexity index is 282. The highest BCUT2D eigenvalue weighted by atomic mass is 16.5. The van der Waals surface area contributed by atoms with E-state index in [9.17, 15) is 0 Å². The van der Waals surface area contributed by atoms with E-state index in [4.69, 9.17) is 9.84 Å². The van der Waals surface area contributed by atoms with Crippen LogP contribution in [0.1, 0.15) is 71.1 Å². The molecule has 4 heteroatoms. The quantitative estimate of drug-likeness (QED) is 0.470. The summed E-state index contributed by atoms with van der Waals surface area (Å²) in [5.74, 6) is 1.27. The van der Waals surface area contributed by atoms with Gasteiger partial charge >= 0.3 is 0 Å². The molecule has 0 aliphatic carbocycles. The van der Waals surface area contributed by atoms with Gasteiger partial charge in [-0.1, -0.05) is 58.3 Å². The van der Waals surface area contributed by atoms with Crippen LogP contribution in [-0.2, 0) is 4.74 Å². The summed E-state index contributed by atoms with van der Waals surface area (Å²) in [6, 6.07) is 0. The zero-order chi connectivity index (χ0) is 15.9. The SMILES string of the molecule is CCCCCCCCCCCC1=NCCN1CCOCCO. The van der Waals surface area contributed by atoms with Crippen LogP contribution in [0.15, 0.2) is 4.99 Å². The number of nitrogens with zero attached hydrogens (tertiary/aromatic N) is 2. The van der Waals surface area contributed by atoms with Crippen molar-refractivity contribution in [2.24, 2.45) is 4.99 Å². The van der Waals surface area contributed by atoms with Gasteiger partial charge in [0.15, 0.2) is 0 Å². The van der Waals surface area contributed by atoms with Gasteiger partial charge in [-0.2, -0.15) is 0 Å². The van der Waals surface area contributed by atoms with Crippen molar-refractivity contribution in [3.8, 4) is 0 Å². The number of aliphatic hydroxyl groups excluding tert-OH is 1. The number of aliphatic imine (C=N–C) groups is 1. The predicted molar refractivity (Wildman–Crippen MR) is 93.6 cm³/mol. The van der Waals surface area contributed by atoms with E-state index in [-0.39, 0.29) is 6.61 Å². The average Bonchev–Trinajstić information content (AvgIpc) is 2.97. The molecule has 1 heterocycles. The molecule has 4 nitrogen and oxygen atoms in total. The Morgan fingerprint density at radius 2 is 1.68 bits per heavy atom. The molecule has 0 bridgehead atoms. The zero-order valence-electron chi connectivity index (χ0n) is 14.6. The molecule has 0 unspecified atom stereocenters. The molecule has 0 aromatic rings. The average molecular weight is 312 g/mol. The molecule has 0 saturated heterocycles. The molecule has 1 rings (SSSR count). The molecule has 0 saturated carbocycles. The van der Waals surface area contributed by atoms with Crippen LogP contribution in [0.4, 0.5) is 0 Å². The van der Waals surface area contributed by atoms with E-state index >= 15 is 0 Å². The first kappa shape index (κ1) is 19.4. The largest absolute Gasteiger partial charge is 0.394 e. The number of rotatable bonds is 15. The Balaban J connectivity index is 1.94. The van der Waals surface area contributed by atoms with Gasteiger partial charge in [0.2, 0.25) is 0 Å². The molecule has 1 aliphatic rings. The van der Waals surface area contributed by atoms with E-state index in [1.54, 1.807) is 0 Å². The third-order valence-electron chi connectivity index (χ3n) is 4.27. The molecule has 0 spiro atoms. The smallest absolute Gasteiger partial charge is 0.0991 e. The fraction of sp³-hybridized carbons (Fsp3) is 0.944. The fourth-order valence-electron chi connectivity index (χ4n) is 2.94. The standard InChI is InChI=1S/C18H36N2O2/c1-2-3-4-5-6-7-8-9-10-11-18-19-12-13-20(18)14-16-22-17-15-21/h21H,2-17H2,1H3. The summed E-state index contributed by atoms with van der Waals surface area (Å²) < 4.78 is 5.34. The van der Waals surface area contributed by atoms with Crippen LogP contribution < -0.4 is 0 Å². The summed E-state index contributed by atoms with van der Waals surface area (Å²) in [4.78, 5) is 6.97. The Labute approximate surface area is 137 Å². The topological polar surface area (TPSA) is 45.1 Å². The number of amidine groups is 1. The fourth-order valence-corrected chi connectivity index (χ4v) is 2.94. The highest BCUT2D eigenvalue weighted by molar-refractivity contribution is 5.83. The molecule has 0 aromatic heterocycles. The monoisotopic (exact) mass is 312 g/mol. The third-order valence-corrected chi connectivity index (χ3v) is 4.27. The Hall–Kier alpha value is -0.610. The third kappa shape index (κ3) is 9.42. The summed E-state index contributed by atoms with van der Waals surface area (Å²) in [7, 11) is 0. The number of hydrogen-bond donors (Lipinski definition) is 1. The second-order valence-corrected chi connectivity index (χ2v) is 6.20. The van der Waals surface area contributed by atoms with Gasteiger partial charge in [-0.25, -0.2) is 0 Å². The van der Waals surface area contributed by atoms with Crippen LogP contribution in [0.3, 0.4) is 0 Å².